The molecule has 0 spiro atoms. The highest BCUT2D eigenvalue weighted by molar-refractivity contribution is 9.10. The van der Waals surface area contributed by atoms with Crippen LogP contribution >= 0.6 is 15.9 Å². The van der Waals surface area contributed by atoms with Gasteiger partial charge in [-0.15, -0.1) is 0 Å². The van der Waals surface area contributed by atoms with E-state index in [1.54, 1.807) is 18.3 Å². The molecule has 0 fully saturated rings. The first-order valence-corrected chi connectivity index (χ1v) is 7.54. The average molecular weight is 418 g/mol. The molecule has 0 saturated heterocycles. The highest BCUT2D eigenvalue weighted by Crippen LogP contribution is 2.19. The standard InChI is InChI=1S/C15H11BrF3N3O3/c1-8(21-22-13(23)11-5-6-12(16)25-11)9-3-2-4-10(7-9)20-14(24)15(17,18)19/h2-7H,1H3,(H,20,24)(H,22,23). The molecule has 0 radical (unpaired) electrons. The number of halogens is 4. The molecular weight excluding hydrogens is 407 g/mol. The maximum absolute atomic E-state index is 12.3. The van der Waals surface area contributed by atoms with Crippen LogP contribution in [0, 0.1) is 0 Å². The Morgan fingerprint density at radius 3 is 2.52 bits per heavy atom. The molecule has 6 nitrogen and oxygen atoms in total. The second-order valence-electron chi connectivity index (χ2n) is 4.77. The lowest BCUT2D eigenvalue weighted by Gasteiger charge is -2.09. The third-order valence-corrected chi connectivity index (χ3v) is 3.34. The number of carbonyl (C=O) groups excluding carboxylic acids is 2. The molecule has 1 aromatic heterocycles. The van der Waals surface area contributed by atoms with Crippen molar-refractivity contribution in [1.29, 1.82) is 0 Å². The molecule has 2 rings (SSSR count). The van der Waals surface area contributed by atoms with Crippen molar-refractivity contribution in [3.63, 3.8) is 0 Å². The summed E-state index contributed by atoms with van der Waals surface area (Å²) in [5.41, 5.74) is 2.96. The van der Waals surface area contributed by atoms with Gasteiger partial charge in [0.2, 0.25) is 0 Å². The summed E-state index contributed by atoms with van der Waals surface area (Å²) in [6, 6.07) is 8.61. The summed E-state index contributed by atoms with van der Waals surface area (Å²) < 4.78 is 42.3. The van der Waals surface area contributed by atoms with Crippen molar-refractivity contribution in [1.82, 2.24) is 5.43 Å². The van der Waals surface area contributed by atoms with Gasteiger partial charge in [-0.1, -0.05) is 12.1 Å². The number of anilines is 1. The second kappa shape index (κ2) is 7.51. The fraction of sp³-hybridized carbons (Fsp3) is 0.133. The first-order chi connectivity index (χ1) is 11.7. The largest absolute Gasteiger partial charge is 0.471 e. The first kappa shape index (κ1) is 18.7. The van der Waals surface area contributed by atoms with Crippen LogP contribution in [0.25, 0.3) is 0 Å². The normalized spacial score (nSPS) is 12.0. The van der Waals surface area contributed by atoms with Gasteiger partial charge in [0.05, 0.1) is 5.71 Å². The summed E-state index contributed by atoms with van der Waals surface area (Å²) in [6.45, 7) is 1.54. The maximum Gasteiger partial charge on any atom is 0.471 e. The third-order valence-electron chi connectivity index (χ3n) is 2.92. The topological polar surface area (TPSA) is 83.7 Å². The lowest BCUT2D eigenvalue weighted by molar-refractivity contribution is -0.167. The summed E-state index contributed by atoms with van der Waals surface area (Å²) in [5, 5.41) is 5.60. The van der Waals surface area contributed by atoms with Gasteiger partial charge < -0.3 is 9.73 Å². The van der Waals surface area contributed by atoms with Gasteiger partial charge in [0, 0.05) is 5.69 Å². The first-order valence-electron chi connectivity index (χ1n) is 6.75. The zero-order chi connectivity index (χ0) is 18.6. The Bertz CT molecular complexity index is 831. The molecule has 0 aliphatic heterocycles. The van der Waals surface area contributed by atoms with E-state index in [-0.39, 0.29) is 11.4 Å². The lowest BCUT2D eigenvalue weighted by atomic mass is 10.1. The molecular formula is C15H11BrF3N3O3. The summed E-state index contributed by atoms with van der Waals surface area (Å²) >= 11 is 3.06. The molecule has 10 heteroatoms. The van der Waals surface area contributed by atoms with Crippen LogP contribution in [0.2, 0.25) is 0 Å². The van der Waals surface area contributed by atoms with E-state index >= 15 is 0 Å². The zero-order valence-electron chi connectivity index (χ0n) is 12.6. The molecule has 0 aliphatic rings. The van der Waals surface area contributed by atoms with Gasteiger partial charge in [-0.3, -0.25) is 9.59 Å². The van der Waals surface area contributed by atoms with E-state index in [9.17, 15) is 22.8 Å². The van der Waals surface area contributed by atoms with Gasteiger partial charge in [0.15, 0.2) is 10.4 Å². The molecule has 0 atom stereocenters. The molecule has 132 valence electrons. The number of rotatable bonds is 4. The fourth-order valence-electron chi connectivity index (χ4n) is 1.71. The molecule has 2 N–H and O–H groups in total. The molecule has 1 heterocycles. The maximum atomic E-state index is 12.3. The Labute approximate surface area is 148 Å². The van der Waals surface area contributed by atoms with E-state index < -0.39 is 18.0 Å². The number of benzene rings is 1. The Hall–Kier alpha value is -2.62. The van der Waals surface area contributed by atoms with Crippen molar-refractivity contribution in [2.24, 2.45) is 5.10 Å². The Morgan fingerprint density at radius 2 is 1.92 bits per heavy atom. The monoisotopic (exact) mass is 417 g/mol. The van der Waals surface area contributed by atoms with Gasteiger partial charge in [-0.05, 0) is 52.7 Å². The minimum Gasteiger partial charge on any atom is -0.444 e. The average Bonchev–Trinajstić information content (AvgIpc) is 2.98. The van der Waals surface area contributed by atoms with Gasteiger partial charge in [0.25, 0.3) is 0 Å². The van der Waals surface area contributed by atoms with E-state index in [0.29, 0.717) is 15.9 Å². The summed E-state index contributed by atoms with van der Waals surface area (Å²) in [7, 11) is 0. The van der Waals surface area contributed by atoms with Crippen LogP contribution in [0.3, 0.4) is 0 Å². The van der Waals surface area contributed by atoms with E-state index in [1.165, 1.54) is 30.3 Å². The number of hydrogen-bond acceptors (Lipinski definition) is 4. The summed E-state index contributed by atoms with van der Waals surface area (Å²) in [5.74, 6) is -2.63. The van der Waals surface area contributed by atoms with Gasteiger partial charge >= 0.3 is 18.0 Å². The molecule has 2 aromatic rings. The van der Waals surface area contributed by atoms with Crippen molar-refractivity contribution in [2.45, 2.75) is 13.1 Å². The van der Waals surface area contributed by atoms with Crippen LogP contribution in [0.5, 0.6) is 0 Å². The van der Waals surface area contributed by atoms with E-state index in [2.05, 4.69) is 26.5 Å². The third kappa shape index (κ3) is 5.18. The summed E-state index contributed by atoms with van der Waals surface area (Å²) in [4.78, 5) is 22.8. The van der Waals surface area contributed by atoms with Gasteiger partial charge in [0.1, 0.15) is 0 Å². The Kier molecular flexibility index (Phi) is 5.62. The van der Waals surface area contributed by atoms with Crippen LogP contribution in [0.1, 0.15) is 23.0 Å². The minimum absolute atomic E-state index is 0.0367. The number of hydrazone groups is 1. The summed E-state index contributed by atoms with van der Waals surface area (Å²) in [6.07, 6.45) is -4.98. The molecule has 0 unspecified atom stereocenters. The number of alkyl halides is 3. The molecule has 0 bridgehead atoms. The van der Waals surface area contributed by atoms with Crippen molar-refractivity contribution in [2.75, 3.05) is 5.32 Å². The SMILES string of the molecule is CC(=NNC(=O)c1ccc(Br)o1)c1cccc(NC(=O)C(F)(F)F)c1. The highest BCUT2D eigenvalue weighted by Gasteiger charge is 2.38. The van der Waals surface area contributed by atoms with Crippen molar-refractivity contribution < 1.29 is 27.2 Å². The Balaban J connectivity index is 2.08. The molecule has 0 aliphatic carbocycles. The van der Waals surface area contributed by atoms with Crippen LogP contribution in [-0.4, -0.2) is 23.7 Å². The van der Waals surface area contributed by atoms with Crippen LogP contribution < -0.4 is 10.7 Å². The molecule has 1 aromatic carbocycles. The number of nitrogens with one attached hydrogen (secondary N) is 2. The van der Waals surface area contributed by atoms with Gasteiger partial charge in [-0.25, -0.2) is 5.43 Å². The number of carbonyl (C=O) groups is 2. The van der Waals surface area contributed by atoms with Crippen molar-refractivity contribution >= 4 is 39.1 Å². The van der Waals surface area contributed by atoms with Crippen molar-refractivity contribution in [3.8, 4) is 0 Å². The minimum atomic E-state index is -4.98. The quantitative estimate of drug-likeness (QED) is 0.587. The smallest absolute Gasteiger partial charge is 0.444 e. The predicted octanol–water partition coefficient (Wildman–Crippen LogP) is 3.70. The zero-order valence-corrected chi connectivity index (χ0v) is 14.2. The van der Waals surface area contributed by atoms with E-state index in [0.717, 1.165) is 0 Å². The number of nitrogens with zero attached hydrogens (tertiary/aromatic N) is 1. The highest BCUT2D eigenvalue weighted by atomic mass is 79.9. The lowest BCUT2D eigenvalue weighted by Crippen LogP contribution is -2.29. The van der Waals surface area contributed by atoms with E-state index in [4.69, 9.17) is 4.42 Å². The van der Waals surface area contributed by atoms with Crippen molar-refractivity contribution in [3.05, 3.63) is 52.4 Å². The van der Waals surface area contributed by atoms with E-state index in [1.807, 2.05) is 0 Å². The molecule has 0 saturated carbocycles. The number of amides is 2. The predicted molar refractivity (Wildman–Crippen MR) is 87.2 cm³/mol. The molecule has 2 amide bonds. The van der Waals surface area contributed by atoms with Crippen LogP contribution in [-0.2, 0) is 4.79 Å². The number of furan rings is 1. The second-order valence-corrected chi connectivity index (χ2v) is 5.56. The Morgan fingerprint density at radius 1 is 1.20 bits per heavy atom. The fourth-order valence-corrected chi connectivity index (χ4v) is 2.02. The van der Waals surface area contributed by atoms with Crippen LogP contribution in [0.15, 0.2) is 50.6 Å². The number of hydrogen-bond donors (Lipinski definition) is 2. The van der Waals surface area contributed by atoms with Gasteiger partial charge in [-0.2, -0.15) is 18.3 Å². The van der Waals surface area contributed by atoms with Crippen LogP contribution in [0.4, 0.5) is 18.9 Å². The molecule has 25 heavy (non-hydrogen) atoms.